The minimum Gasteiger partial charge on any atom is -0.508 e. The van der Waals surface area contributed by atoms with Crippen molar-refractivity contribution >= 4 is 74.0 Å². The molecule has 2 aromatic carbocycles. The van der Waals surface area contributed by atoms with E-state index < -0.39 is 0 Å². The van der Waals surface area contributed by atoms with Gasteiger partial charge in [0.2, 0.25) is 0 Å². The number of hydrogen-bond donors (Lipinski definition) is 5. The lowest BCUT2D eigenvalue weighted by molar-refractivity contribution is 0.411. The van der Waals surface area contributed by atoms with E-state index in [0.717, 1.165) is 22.6 Å². The zero-order valence-corrected chi connectivity index (χ0v) is 19.2. The topological polar surface area (TPSA) is 29.5 Å². The Morgan fingerprint density at radius 2 is 1.65 bits per heavy atom. The Labute approximate surface area is 184 Å². The molecule has 3 rings (SSSR count). The highest BCUT2D eigenvalue weighted by Gasteiger charge is 2.29. The third-order valence-electron chi connectivity index (χ3n) is 4.19. The third kappa shape index (κ3) is 4.58. The summed E-state index contributed by atoms with van der Waals surface area (Å²) in [6.07, 6.45) is 0. The smallest absolute Gasteiger partial charge is 0.124 e. The van der Waals surface area contributed by atoms with Gasteiger partial charge in [0.15, 0.2) is 0 Å². The maximum absolute atomic E-state index is 9.97. The molecule has 2 unspecified atom stereocenters. The Balaban J connectivity index is 1.81. The number of phenolic OH excluding ortho intramolecular Hbond substituents is 1. The van der Waals surface area contributed by atoms with Gasteiger partial charge in [-0.25, -0.2) is 0 Å². The fourth-order valence-corrected chi connectivity index (χ4v) is 6.94. The lowest BCUT2D eigenvalue weighted by atomic mass is 10.1. The van der Waals surface area contributed by atoms with Crippen LogP contribution in [0.4, 0.5) is 0 Å². The van der Waals surface area contributed by atoms with Crippen LogP contribution in [-0.2, 0) is 0 Å². The van der Waals surface area contributed by atoms with E-state index in [1.165, 1.54) is 11.1 Å². The van der Waals surface area contributed by atoms with Crippen molar-refractivity contribution in [3.05, 3.63) is 58.7 Å². The summed E-state index contributed by atoms with van der Waals surface area (Å²) in [6, 6.07) is 12.0. The van der Waals surface area contributed by atoms with E-state index in [1.807, 2.05) is 41.7 Å². The number of phenols is 1. The van der Waals surface area contributed by atoms with E-state index in [0.29, 0.717) is 9.83 Å². The predicted molar refractivity (Wildman–Crippen MR) is 128 cm³/mol. The summed E-state index contributed by atoms with van der Waals surface area (Å²) in [5.74, 6) is 2.07. The molecule has 1 N–H and O–H groups in total. The van der Waals surface area contributed by atoms with Gasteiger partial charge in [-0.3, -0.25) is 0 Å². The van der Waals surface area contributed by atoms with Crippen molar-refractivity contribution in [2.75, 3.05) is 12.9 Å². The summed E-state index contributed by atoms with van der Waals surface area (Å²) in [5, 5.41) is 10.4. The first-order valence-electron chi connectivity index (χ1n) is 7.90. The number of thioether (sulfide) groups is 2. The van der Waals surface area contributed by atoms with Crippen LogP contribution in [0.2, 0.25) is 0 Å². The molecule has 2 aromatic rings. The van der Waals surface area contributed by atoms with Crippen molar-refractivity contribution in [2.45, 2.75) is 19.0 Å². The Morgan fingerprint density at radius 1 is 1.00 bits per heavy atom. The summed E-state index contributed by atoms with van der Waals surface area (Å²) in [6.45, 7) is 0. The van der Waals surface area contributed by atoms with Gasteiger partial charge in [0.05, 0.1) is 20.9 Å². The molecule has 26 heavy (non-hydrogen) atoms. The second-order valence-corrected chi connectivity index (χ2v) is 11.5. The first kappa shape index (κ1) is 20.9. The first-order chi connectivity index (χ1) is 12.4. The average molecular weight is 461 g/mol. The number of thiol groups is 4. The molecule has 0 aromatic heterocycles. The highest BCUT2D eigenvalue weighted by molar-refractivity contribution is 8.19. The Hall–Kier alpha value is 0.140. The van der Waals surface area contributed by atoms with Gasteiger partial charge in [0.25, 0.3) is 0 Å². The second-order valence-electron chi connectivity index (χ2n) is 5.86. The molecule has 2 nitrogen and oxygen atoms in total. The molecule has 1 aliphatic heterocycles. The summed E-state index contributed by atoms with van der Waals surface area (Å²) in [4.78, 5) is 0. The molecule has 1 heterocycles. The van der Waals surface area contributed by atoms with E-state index >= 15 is 0 Å². The van der Waals surface area contributed by atoms with Crippen LogP contribution in [0.5, 0.6) is 11.5 Å². The Morgan fingerprint density at radius 3 is 2.31 bits per heavy atom. The molecule has 140 valence electrons. The van der Waals surface area contributed by atoms with Crippen LogP contribution < -0.4 is 4.74 Å². The van der Waals surface area contributed by atoms with Crippen LogP contribution >= 0.6 is 74.0 Å². The highest BCUT2D eigenvalue weighted by atomic mass is 32.2. The van der Waals surface area contributed by atoms with Crippen molar-refractivity contribution in [2.24, 2.45) is 0 Å². The van der Waals surface area contributed by atoms with Crippen molar-refractivity contribution in [1.29, 1.82) is 0 Å². The molecular weight excluding hydrogens is 441 g/mol. The average Bonchev–Trinajstić information content (AvgIpc) is 3.11. The predicted octanol–water partition coefficient (Wildman–Crippen LogP) is 6.34. The van der Waals surface area contributed by atoms with Gasteiger partial charge in [0, 0.05) is 22.1 Å². The fourth-order valence-electron chi connectivity index (χ4n) is 2.83. The lowest BCUT2D eigenvalue weighted by Crippen LogP contribution is -1.97. The van der Waals surface area contributed by atoms with E-state index in [2.05, 4.69) is 62.6 Å². The molecule has 0 spiro atoms. The maximum atomic E-state index is 9.97. The van der Waals surface area contributed by atoms with Crippen molar-refractivity contribution < 1.29 is 9.84 Å². The molecule has 0 saturated carbocycles. The quantitative estimate of drug-likeness (QED) is 0.266. The third-order valence-corrected chi connectivity index (χ3v) is 8.65. The van der Waals surface area contributed by atoms with Crippen molar-refractivity contribution in [3.63, 3.8) is 0 Å². The Kier molecular flexibility index (Phi) is 7.30. The standard InChI is InChI=1S/C18H20O2S6/c1-20-14-5-3-9(6-12(14)17(23)24)15-8-25-18(26-15)10-2-4-13(19)11(7-10)16(21)22/h2-7,15-19,21-24H,8H2,1H3. The van der Waals surface area contributed by atoms with Gasteiger partial charge in [-0.1, -0.05) is 12.1 Å². The number of hydrogen-bond acceptors (Lipinski definition) is 8. The van der Waals surface area contributed by atoms with Crippen molar-refractivity contribution in [1.82, 2.24) is 0 Å². The normalized spacial score (nSPS) is 20.1. The van der Waals surface area contributed by atoms with Crippen LogP contribution in [0.3, 0.4) is 0 Å². The zero-order chi connectivity index (χ0) is 18.8. The molecule has 1 aliphatic rings. The molecule has 0 aliphatic carbocycles. The highest BCUT2D eigenvalue weighted by Crippen LogP contribution is 2.56. The zero-order valence-electron chi connectivity index (χ0n) is 13.9. The molecule has 2 atom stereocenters. The van der Waals surface area contributed by atoms with Crippen LogP contribution in [0, 0.1) is 0 Å². The van der Waals surface area contributed by atoms with E-state index in [4.69, 9.17) is 4.74 Å². The number of rotatable bonds is 5. The number of benzene rings is 2. The van der Waals surface area contributed by atoms with Gasteiger partial charge in [-0.15, -0.1) is 23.5 Å². The minimum atomic E-state index is -0.297. The van der Waals surface area contributed by atoms with Gasteiger partial charge in [-0.2, -0.15) is 50.5 Å². The summed E-state index contributed by atoms with van der Waals surface area (Å²) >= 11 is 21.4. The molecule has 0 bridgehead atoms. The minimum absolute atomic E-state index is 0.179. The molecule has 1 saturated heterocycles. The van der Waals surface area contributed by atoms with Gasteiger partial charge in [0.1, 0.15) is 11.5 Å². The molecule has 1 fully saturated rings. The largest absolute Gasteiger partial charge is 0.508 e. The first-order valence-corrected chi connectivity index (χ1v) is 12.0. The van der Waals surface area contributed by atoms with Crippen LogP contribution in [-0.4, -0.2) is 18.0 Å². The molecule has 8 heteroatoms. The number of methoxy groups -OCH3 is 1. The van der Waals surface area contributed by atoms with E-state index in [9.17, 15) is 5.11 Å². The van der Waals surface area contributed by atoms with Gasteiger partial charge in [-0.05, 0) is 35.4 Å². The van der Waals surface area contributed by atoms with Gasteiger partial charge < -0.3 is 9.84 Å². The number of ether oxygens (including phenoxy) is 1. The second kappa shape index (κ2) is 9.09. The van der Waals surface area contributed by atoms with Crippen LogP contribution in [0.1, 0.15) is 41.2 Å². The lowest BCUT2D eigenvalue weighted by Gasteiger charge is -2.16. The summed E-state index contributed by atoms with van der Waals surface area (Å²) in [7, 11) is 1.66. The molecule has 0 amide bonds. The summed E-state index contributed by atoms with van der Waals surface area (Å²) in [5.41, 5.74) is 4.18. The fraction of sp³-hybridized carbons (Fsp3) is 0.333. The van der Waals surface area contributed by atoms with Gasteiger partial charge >= 0.3 is 0 Å². The monoisotopic (exact) mass is 460 g/mol. The van der Waals surface area contributed by atoms with Crippen LogP contribution in [0.25, 0.3) is 0 Å². The van der Waals surface area contributed by atoms with Crippen LogP contribution in [0.15, 0.2) is 36.4 Å². The SMILES string of the molecule is COc1ccc(C2CSC(c3ccc(O)c(C(S)S)c3)S2)cc1C(S)S. The van der Waals surface area contributed by atoms with Crippen molar-refractivity contribution in [3.8, 4) is 11.5 Å². The maximum Gasteiger partial charge on any atom is 0.124 e. The summed E-state index contributed by atoms with van der Waals surface area (Å²) < 4.78 is 5.25. The Bertz CT molecular complexity index is 780. The van der Waals surface area contributed by atoms with E-state index in [-0.39, 0.29) is 14.9 Å². The molecular formula is C18H20O2S6. The number of aromatic hydroxyl groups is 1. The van der Waals surface area contributed by atoms with E-state index in [1.54, 1.807) is 13.2 Å². The molecule has 0 radical (unpaired) electrons.